The van der Waals surface area contributed by atoms with Crippen LogP contribution in [0.3, 0.4) is 0 Å². The third-order valence-corrected chi connectivity index (χ3v) is 4.73. The van der Waals surface area contributed by atoms with E-state index >= 15 is 0 Å². The molecule has 2 aromatic rings. The van der Waals surface area contributed by atoms with E-state index in [0.29, 0.717) is 6.61 Å². The molecule has 0 saturated carbocycles. The van der Waals surface area contributed by atoms with Gasteiger partial charge in [-0.05, 0) is 36.6 Å². The molecule has 1 aliphatic rings. The highest BCUT2D eigenvalue weighted by Crippen LogP contribution is 2.30. The third kappa shape index (κ3) is 3.65. The van der Waals surface area contributed by atoms with Crippen LogP contribution in [0.25, 0.3) is 0 Å². The van der Waals surface area contributed by atoms with Crippen molar-refractivity contribution < 1.29 is 9.53 Å². The summed E-state index contributed by atoms with van der Waals surface area (Å²) >= 11 is 3.47. The molecule has 2 atom stereocenters. The predicted molar refractivity (Wildman–Crippen MR) is 94.0 cm³/mol. The van der Waals surface area contributed by atoms with Crippen LogP contribution in [0.5, 0.6) is 0 Å². The molecule has 3 rings (SSSR count). The standard InChI is InChI=1S/C19H20BrNO2/c1-14(15-7-3-2-4-8-15)21-11-6-12-23-18(19(21)22)16-9-5-10-17(20)13-16/h2-5,7-10,13-14,18H,6,11-12H2,1H3. The maximum Gasteiger partial charge on any atom is 0.256 e. The van der Waals surface area contributed by atoms with E-state index in [0.717, 1.165) is 28.6 Å². The fraction of sp³-hybridized carbons (Fsp3) is 0.316. The van der Waals surface area contributed by atoms with Crippen LogP contribution >= 0.6 is 15.9 Å². The third-order valence-electron chi connectivity index (χ3n) is 4.24. The highest BCUT2D eigenvalue weighted by atomic mass is 79.9. The van der Waals surface area contributed by atoms with Gasteiger partial charge in [0, 0.05) is 17.6 Å². The smallest absolute Gasteiger partial charge is 0.256 e. The Balaban J connectivity index is 1.88. The van der Waals surface area contributed by atoms with Gasteiger partial charge < -0.3 is 9.64 Å². The number of hydrogen-bond acceptors (Lipinski definition) is 2. The van der Waals surface area contributed by atoms with E-state index in [1.165, 1.54) is 0 Å². The van der Waals surface area contributed by atoms with Crippen molar-refractivity contribution in [2.45, 2.75) is 25.5 Å². The van der Waals surface area contributed by atoms with Crippen molar-refractivity contribution in [1.29, 1.82) is 0 Å². The lowest BCUT2D eigenvalue weighted by Crippen LogP contribution is -2.36. The fourth-order valence-corrected chi connectivity index (χ4v) is 3.39. The van der Waals surface area contributed by atoms with E-state index in [-0.39, 0.29) is 11.9 Å². The zero-order chi connectivity index (χ0) is 16.2. The molecule has 2 aromatic carbocycles. The zero-order valence-corrected chi connectivity index (χ0v) is 14.7. The molecule has 0 aliphatic carbocycles. The summed E-state index contributed by atoms with van der Waals surface area (Å²) in [7, 11) is 0. The number of benzene rings is 2. The Hall–Kier alpha value is -1.65. The lowest BCUT2D eigenvalue weighted by molar-refractivity contribution is -0.143. The van der Waals surface area contributed by atoms with E-state index in [9.17, 15) is 4.79 Å². The van der Waals surface area contributed by atoms with Crippen LogP contribution in [0.1, 0.15) is 36.6 Å². The Morgan fingerprint density at radius 3 is 2.70 bits per heavy atom. The summed E-state index contributed by atoms with van der Waals surface area (Å²) in [5, 5.41) is 0. The molecule has 4 heteroatoms. The first kappa shape index (κ1) is 16.2. The van der Waals surface area contributed by atoms with Crippen LogP contribution in [0.2, 0.25) is 0 Å². The molecule has 0 radical (unpaired) electrons. The van der Waals surface area contributed by atoms with Gasteiger partial charge in [-0.25, -0.2) is 0 Å². The minimum atomic E-state index is -0.527. The van der Waals surface area contributed by atoms with Crippen LogP contribution in [0, 0.1) is 0 Å². The molecule has 0 bridgehead atoms. The molecule has 1 amide bonds. The van der Waals surface area contributed by atoms with Gasteiger partial charge in [0.15, 0.2) is 6.10 Å². The topological polar surface area (TPSA) is 29.5 Å². The summed E-state index contributed by atoms with van der Waals surface area (Å²) < 4.78 is 6.82. The van der Waals surface area contributed by atoms with Gasteiger partial charge in [-0.3, -0.25) is 4.79 Å². The molecule has 23 heavy (non-hydrogen) atoms. The highest BCUT2D eigenvalue weighted by Gasteiger charge is 2.32. The van der Waals surface area contributed by atoms with E-state index < -0.39 is 6.10 Å². The molecule has 0 spiro atoms. The largest absolute Gasteiger partial charge is 0.364 e. The highest BCUT2D eigenvalue weighted by molar-refractivity contribution is 9.10. The molecule has 2 unspecified atom stereocenters. The lowest BCUT2D eigenvalue weighted by Gasteiger charge is -2.30. The van der Waals surface area contributed by atoms with Crippen molar-refractivity contribution in [2.75, 3.05) is 13.2 Å². The van der Waals surface area contributed by atoms with Gasteiger partial charge in [0.2, 0.25) is 0 Å². The first-order chi connectivity index (χ1) is 11.2. The second-order valence-electron chi connectivity index (χ2n) is 5.78. The number of carbonyl (C=O) groups is 1. The average molecular weight is 374 g/mol. The number of nitrogens with zero attached hydrogens (tertiary/aromatic N) is 1. The summed E-state index contributed by atoms with van der Waals surface area (Å²) in [6, 6.07) is 18.0. The number of amides is 1. The molecular formula is C19H20BrNO2. The van der Waals surface area contributed by atoms with Crippen LogP contribution in [-0.4, -0.2) is 24.0 Å². The van der Waals surface area contributed by atoms with Crippen LogP contribution in [0.15, 0.2) is 59.1 Å². The Kier molecular flexibility index (Phi) is 5.13. The Morgan fingerprint density at radius 2 is 1.96 bits per heavy atom. The Bertz CT molecular complexity index is 674. The van der Waals surface area contributed by atoms with Gasteiger partial charge in [0.05, 0.1) is 6.04 Å². The summed E-state index contributed by atoms with van der Waals surface area (Å²) in [4.78, 5) is 15.0. The minimum absolute atomic E-state index is 0.0388. The predicted octanol–water partition coefficient (Wildman–Crippen LogP) is 4.50. The molecule has 1 saturated heterocycles. The summed E-state index contributed by atoms with van der Waals surface area (Å²) in [5.41, 5.74) is 2.05. The van der Waals surface area contributed by atoms with Crippen LogP contribution in [0.4, 0.5) is 0 Å². The monoisotopic (exact) mass is 373 g/mol. The lowest BCUT2D eigenvalue weighted by atomic mass is 10.0. The summed E-state index contributed by atoms with van der Waals surface area (Å²) in [6.45, 7) is 3.40. The first-order valence-corrected chi connectivity index (χ1v) is 8.68. The molecule has 1 aliphatic heterocycles. The fourth-order valence-electron chi connectivity index (χ4n) is 2.97. The van der Waals surface area contributed by atoms with Gasteiger partial charge in [-0.2, -0.15) is 0 Å². The molecular weight excluding hydrogens is 354 g/mol. The van der Waals surface area contributed by atoms with Crippen LogP contribution < -0.4 is 0 Å². The number of rotatable bonds is 3. The second kappa shape index (κ2) is 7.28. The normalized spacial score (nSPS) is 20.2. The molecule has 3 nitrogen and oxygen atoms in total. The van der Waals surface area contributed by atoms with Gasteiger partial charge in [0.1, 0.15) is 0 Å². The molecule has 120 valence electrons. The number of ether oxygens (including phenoxy) is 1. The minimum Gasteiger partial charge on any atom is -0.364 e. The van der Waals surface area contributed by atoms with Gasteiger partial charge in [0.25, 0.3) is 5.91 Å². The van der Waals surface area contributed by atoms with Gasteiger partial charge >= 0.3 is 0 Å². The zero-order valence-electron chi connectivity index (χ0n) is 13.1. The number of carbonyl (C=O) groups excluding carboxylic acids is 1. The van der Waals surface area contributed by atoms with E-state index in [1.54, 1.807) is 0 Å². The molecule has 1 heterocycles. The van der Waals surface area contributed by atoms with E-state index in [1.807, 2.05) is 47.4 Å². The summed E-state index contributed by atoms with van der Waals surface area (Å²) in [6.07, 6.45) is 0.328. The SMILES string of the molecule is CC(c1ccccc1)N1CCCOC(c2cccc(Br)c2)C1=O. The molecule has 0 N–H and O–H groups in total. The van der Waals surface area contributed by atoms with Crippen molar-refractivity contribution in [2.24, 2.45) is 0 Å². The second-order valence-corrected chi connectivity index (χ2v) is 6.69. The maximum absolute atomic E-state index is 13.1. The average Bonchev–Trinajstić information content (AvgIpc) is 2.77. The van der Waals surface area contributed by atoms with Crippen molar-refractivity contribution in [3.05, 3.63) is 70.2 Å². The van der Waals surface area contributed by atoms with E-state index in [2.05, 4.69) is 35.0 Å². The van der Waals surface area contributed by atoms with E-state index in [4.69, 9.17) is 4.74 Å². The van der Waals surface area contributed by atoms with Crippen molar-refractivity contribution in [1.82, 2.24) is 4.90 Å². The quantitative estimate of drug-likeness (QED) is 0.792. The first-order valence-electron chi connectivity index (χ1n) is 7.89. The van der Waals surface area contributed by atoms with Crippen molar-refractivity contribution >= 4 is 21.8 Å². The van der Waals surface area contributed by atoms with Crippen molar-refractivity contribution in [3.63, 3.8) is 0 Å². The van der Waals surface area contributed by atoms with Gasteiger partial charge in [-0.1, -0.05) is 58.4 Å². The number of halogens is 1. The Morgan fingerprint density at radius 1 is 1.17 bits per heavy atom. The number of hydrogen-bond donors (Lipinski definition) is 0. The van der Waals surface area contributed by atoms with Gasteiger partial charge in [-0.15, -0.1) is 0 Å². The molecule has 1 fully saturated rings. The summed E-state index contributed by atoms with van der Waals surface area (Å²) in [5.74, 6) is 0.0388. The maximum atomic E-state index is 13.1. The van der Waals surface area contributed by atoms with Crippen molar-refractivity contribution in [3.8, 4) is 0 Å². The Labute approximate surface area is 145 Å². The van der Waals surface area contributed by atoms with Crippen LogP contribution in [-0.2, 0) is 9.53 Å². The molecule has 0 aromatic heterocycles.